The van der Waals surface area contributed by atoms with Crippen LogP contribution in [0, 0.1) is 11.7 Å². The Hall–Kier alpha value is -2.40. The number of piperidine rings is 1. The first kappa shape index (κ1) is 17.4. The first-order valence-electron chi connectivity index (χ1n) is 8.44. The number of hydrogen-bond donors (Lipinski definition) is 1. The van der Waals surface area contributed by atoms with Gasteiger partial charge in [-0.25, -0.2) is 4.39 Å². The maximum atomic E-state index is 13.4. The summed E-state index contributed by atoms with van der Waals surface area (Å²) < 4.78 is 18.7. The van der Waals surface area contributed by atoms with E-state index in [1.54, 1.807) is 19.2 Å². The van der Waals surface area contributed by atoms with Crippen molar-refractivity contribution >= 4 is 5.97 Å². The number of hydrogen-bond acceptors (Lipinski definition) is 3. The van der Waals surface area contributed by atoms with Gasteiger partial charge in [-0.1, -0.05) is 24.3 Å². The molecule has 4 nitrogen and oxygen atoms in total. The Bertz CT molecular complexity index is 724. The van der Waals surface area contributed by atoms with Crippen molar-refractivity contribution in [2.75, 3.05) is 20.2 Å². The molecule has 132 valence electrons. The number of ether oxygens (including phenoxy) is 1. The monoisotopic (exact) mass is 343 g/mol. The summed E-state index contributed by atoms with van der Waals surface area (Å²) in [6, 6.07) is 14.3. The second-order valence-corrected chi connectivity index (χ2v) is 6.38. The highest BCUT2D eigenvalue weighted by atomic mass is 19.1. The lowest BCUT2D eigenvalue weighted by atomic mass is 9.91. The van der Waals surface area contributed by atoms with Crippen molar-refractivity contribution in [2.45, 2.75) is 18.9 Å². The van der Waals surface area contributed by atoms with E-state index in [1.165, 1.54) is 12.1 Å². The standard InChI is InChI=1S/C20H22FNO3/c1-25-18-4-2-3-16(13-18)19(14-5-7-17(21)8-6-14)22-11-9-15(10-12-22)20(23)24/h2-8,13,15,19H,9-12H2,1H3,(H,23,24). The third-order valence-electron chi connectivity index (χ3n) is 4.84. The molecule has 2 aromatic carbocycles. The Kier molecular flexibility index (Phi) is 5.34. The Morgan fingerprint density at radius 3 is 2.44 bits per heavy atom. The zero-order valence-electron chi connectivity index (χ0n) is 14.2. The minimum absolute atomic E-state index is 0.0505. The van der Waals surface area contributed by atoms with Gasteiger partial charge < -0.3 is 9.84 Å². The molecule has 0 radical (unpaired) electrons. The molecular weight excluding hydrogens is 321 g/mol. The predicted octanol–water partition coefficient (Wildman–Crippen LogP) is 3.72. The molecule has 1 unspecified atom stereocenters. The maximum absolute atomic E-state index is 13.4. The van der Waals surface area contributed by atoms with Crippen molar-refractivity contribution in [3.8, 4) is 5.75 Å². The second kappa shape index (κ2) is 7.66. The van der Waals surface area contributed by atoms with E-state index >= 15 is 0 Å². The number of halogens is 1. The van der Waals surface area contributed by atoms with Gasteiger partial charge in [0, 0.05) is 0 Å². The summed E-state index contributed by atoms with van der Waals surface area (Å²) in [5, 5.41) is 9.22. The van der Waals surface area contributed by atoms with E-state index < -0.39 is 5.97 Å². The lowest BCUT2D eigenvalue weighted by molar-refractivity contribution is -0.143. The molecule has 1 aliphatic rings. The molecule has 1 atom stereocenters. The normalized spacial score (nSPS) is 17.2. The molecule has 3 rings (SSSR count). The molecule has 0 saturated carbocycles. The molecule has 25 heavy (non-hydrogen) atoms. The van der Waals surface area contributed by atoms with Gasteiger partial charge in [-0.3, -0.25) is 9.69 Å². The highest BCUT2D eigenvalue weighted by molar-refractivity contribution is 5.70. The first-order valence-corrected chi connectivity index (χ1v) is 8.44. The van der Waals surface area contributed by atoms with Crippen molar-refractivity contribution < 1.29 is 19.0 Å². The largest absolute Gasteiger partial charge is 0.497 e. The number of carbonyl (C=O) groups is 1. The number of aliphatic carboxylic acids is 1. The van der Waals surface area contributed by atoms with Gasteiger partial charge in [-0.15, -0.1) is 0 Å². The van der Waals surface area contributed by atoms with Crippen LogP contribution in [0.25, 0.3) is 0 Å². The van der Waals surface area contributed by atoms with Gasteiger partial charge in [0.1, 0.15) is 11.6 Å². The van der Waals surface area contributed by atoms with E-state index in [-0.39, 0.29) is 17.8 Å². The lowest BCUT2D eigenvalue weighted by Gasteiger charge is -2.37. The van der Waals surface area contributed by atoms with E-state index in [2.05, 4.69) is 4.90 Å². The number of methoxy groups -OCH3 is 1. The minimum atomic E-state index is -0.723. The topological polar surface area (TPSA) is 49.8 Å². The predicted molar refractivity (Wildman–Crippen MR) is 93.2 cm³/mol. The number of carboxylic acids is 1. The summed E-state index contributed by atoms with van der Waals surface area (Å²) in [5.41, 5.74) is 2.04. The number of nitrogens with zero attached hydrogens (tertiary/aromatic N) is 1. The average molecular weight is 343 g/mol. The van der Waals surface area contributed by atoms with Crippen LogP contribution in [0.4, 0.5) is 4.39 Å². The molecule has 1 N–H and O–H groups in total. The molecule has 1 aliphatic heterocycles. The Labute approximate surface area is 146 Å². The molecule has 0 bridgehead atoms. The van der Waals surface area contributed by atoms with Gasteiger partial charge in [0.2, 0.25) is 0 Å². The Morgan fingerprint density at radius 1 is 1.16 bits per heavy atom. The van der Waals surface area contributed by atoms with Crippen molar-refractivity contribution in [1.29, 1.82) is 0 Å². The summed E-state index contributed by atoms with van der Waals surface area (Å²) in [6.07, 6.45) is 1.24. The van der Waals surface area contributed by atoms with Gasteiger partial charge in [-0.2, -0.15) is 0 Å². The number of likely N-dealkylation sites (tertiary alicyclic amines) is 1. The van der Waals surface area contributed by atoms with Crippen LogP contribution in [0.3, 0.4) is 0 Å². The molecule has 1 heterocycles. The number of carboxylic acid groups (broad SMARTS) is 1. The molecule has 0 spiro atoms. The molecule has 1 saturated heterocycles. The van der Waals surface area contributed by atoms with Gasteiger partial charge >= 0.3 is 5.97 Å². The summed E-state index contributed by atoms with van der Waals surface area (Å²) in [5.74, 6) is -0.502. The van der Waals surface area contributed by atoms with Crippen LogP contribution in [-0.4, -0.2) is 36.2 Å². The molecule has 1 fully saturated rings. The van der Waals surface area contributed by atoms with Crippen LogP contribution in [-0.2, 0) is 4.79 Å². The van der Waals surface area contributed by atoms with Gasteiger partial charge in [-0.05, 0) is 61.3 Å². The second-order valence-electron chi connectivity index (χ2n) is 6.38. The van der Waals surface area contributed by atoms with Crippen molar-refractivity contribution in [3.63, 3.8) is 0 Å². The highest BCUT2D eigenvalue weighted by Crippen LogP contribution is 2.34. The van der Waals surface area contributed by atoms with Crippen LogP contribution in [0.15, 0.2) is 48.5 Å². The Balaban J connectivity index is 1.92. The van der Waals surface area contributed by atoms with Crippen LogP contribution < -0.4 is 4.74 Å². The maximum Gasteiger partial charge on any atom is 0.306 e. The molecule has 5 heteroatoms. The smallest absolute Gasteiger partial charge is 0.306 e. The quantitative estimate of drug-likeness (QED) is 0.899. The van der Waals surface area contributed by atoms with Crippen LogP contribution in [0.5, 0.6) is 5.75 Å². The number of rotatable bonds is 5. The van der Waals surface area contributed by atoms with E-state index in [9.17, 15) is 14.3 Å². The Morgan fingerprint density at radius 2 is 1.84 bits per heavy atom. The van der Waals surface area contributed by atoms with Crippen LogP contribution in [0.2, 0.25) is 0 Å². The molecule has 0 amide bonds. The van der Waals surface area contributed by atoms with Crippen molar-refractivity contribution in [1.82, 2.24) is 4.90 Å². The number of benzene rings is 2. The minimum Gasteiger partial charge on any atom is -0.497 e. The fraction of sp³-hybridized carbons (Fsp3) is 0.350. The fourth-order valence-electron chi connectivity index (χ4n) is 3.48. The third-order valence-corrected chi connectivity index (χ3v) is 4.84. The van der Waals surface area contributed by atoms with E-state index in [4.69, 9.17) is 4.74 Å². The summed E-state index contributed by atoms with van der Waals surface area (Å²) >= 11 is 0. The molecule has 2 aromatic rings. The zero-order chi connectivity index (χ0) is 17.8. The van der Waals surface area contributed by atoms with Crippen LogP contribution >= 0.6 is 0 Å². The summed E-state index contributed by atoms with van der Waals surface area (Å²) in [6.45, 7) is 1.38. The van der Waals surface area contributed by atoms with Crippen molar-refractivity contribution in [2.24, 2.45) is 5.92 Å². The first-order chi connectivity index (χ1) is 12.1. The summed E-state index contributed by atoms with van der Waals surface area (Å²) in [4.78, 5) is 13.5. The fourth-order valence-corrected chi connectivity index (χ4v) is 3.48. The van der Waals surface area contributed by atoms with Gasteiger partial charge in [0.05, 0.1) is 19.1 Å². The van der Waals surface area contributed by atoms with Gasteiger partial charge in [0.15, 0.2) is 0 Å². The highest BCUT2D eigenvalue weighted by Gasteiger charge is 2.30. The third kappa shape index (κ3) is 3.99. The SMILES string of the molecule is COc1cccc(C(c2ccc(F)cc2)N2CCC(C(=O)O)CC2)c1. The molecule has 0 aliphatic carbocycles. The molecule has 0 aromatic heterocycles. The van der Waals surface area contributed by atoms with Gasteiger partial charge in [0.25, 0.3) is 0 Å². The van der Waals surface area contributed by atoms with E-state index in [0.717, 1.165) is 16.9 Å². The lowest BCUT2D eigenvalue weighted by Crippen LogP contribution is -2.39. The van der Waals surface area contributed by atoms with E-state index in [1.807, 2.05) is 24.3 Å². The van der Waals surface area contributed by atoms with E-state index in [0.29, 0.717) is 25.9 Å². The molecular formula is C20H22FNO3. The zero-order valence-corrected chi connectivity index (χ0v) is 14.2. The summed E-state index contributed by atoms with van der Waals surface area (Å²) in [7, 11) is 1.63. The average Bonchev–Trinajstić information content (AvgIpc) is 2.64. The van der Waals surface area contributed by atoms with Crippen molar-refractivity contribution in [3.05, 3.63) is 65.5 Å². The van der Waals surface area contributed by atoms with Crippen LogP contribution in [0.1, 0.15) is 30.0 Å².